The molecule has 0 aliphatic carbocycles. The lowest BCUT2D eigenvalue weighted by atomic mass is 9.97. The fourth-order valence-corrected chi connectivity index (χ4v) is 1.26. The molecule has 0 bridgehead atoms. The summed E-state index contributed by atoms with van der Waals surface area (Å²) in [5.74, 6) is 0. The number of nitrogens with zero attached hydrogens (tertiary/aromatic N) is 1. The summed E-state index contributed by atoms with van der Waals surface area (Å²) in [6.07, 6.45) is 2.13. The second-order valence-corrected chi connectivity index (χ2v) is 4.65. The monoisotopic (exact) mass is 202 g/mol. The second-order valence-electron chi connectivity index (χ2n) is 4.65. The molecular weight excluding hydrogens is 176 g/mol. The molecular formula is C11H26N2O. The molecule has 1 atom stereocenters. The molecule has 0 radical (unpaired) electrons. The number of aliphatic hydroxyl groups is 1. The molecule has 0 aliphatic heterocycles. The van der Waals surface area contributed by atoms with Crippen LogP contribution in [0.5, 0.6) is 0 Å². The first-order chi connectivity index (χ1) is 6.45. The van der Waals surface area contributed by atoms with Gasteiger partial charge in [0.1, 0.15) is 0 Å². The van der Waals surface area contributed by atoms with E-state index in [0.29, 0.717) is 6.04 Å². The molecule has 0 aliphatic rings. The van der Waals surface area contributed by atoms with E-state index in [1.54, 1.807) is 0 Å². The lowest BCUT2D eigenvalue weighted by Crippen LogP contribution is -2.44. The van der Waals surface area contributed by atoms with Gasteiger partial charge in [0.05, 0.1) is 6.61 Å². The molecule has 0 saturated carbocycles. The van der Waals surface area contributed by atoms with Crippen LogP contribution in [0.1, 0.15) is 33.6 Å². The van der Waals surface area contributed by atoms with Crippen LogP contribution in [0, 0.1) is 0 Å². The van der Waals surface area contributed by atoms with E-state index >= 15 is 0 Å². The van der Waals surface area contributed by atoms with Crippen molar-refractivity contribution in [3.05, 3.63) is 0 Å². The highest BCUT2D eigenvalue weighted by atomic mass is 16.3. The van der Waals surface area contributed by atoms with E-state index in [0.717, 1.165) is 19.4 Å². The van der Waals surface area contributed by atoms with Crippen molar-refractivity contribution >= 4 is 0 Å². The van der Waals surface area contributed by atoms with Gasteiger partial charge < -0.3 is 15.3 Å². The molecule has 1 unspecified atom stereocenters. The van der Waals surface area contributed by atoms with E-state index in [4.69, 9.17) is 0 Å². The van der Waals surface area contributed by atoms with E-state index in [1.807, 2.05) is 7.05 Å². The molecule has 0 fully saturated rings. The summed E-state index contributed by atoms with van der Waals surface area (Å²) in [5, 5.41) is 12.3. The van der Waals surface area contributed by atoms with Crippen molar-refractivity contribution in [3.8, 4) is 0 Å². The van der Waals surface area contributed by atoms with Crippen molar-refractivity contribution < 1.29 is 5.11 Å². The zero-order valence-corrected chi connectivity index (χ0v) is 10.3. The molecule has 0 rings (SSSR count). The first-order valence-corrected chi connectivity index (χ1v) is 5.45. The number of hydrogen-bond donors (Lipinski definition) is 2. The fourth-order valence-electron chi connectivity index (χ4n) is 1.26. The minimum Gasteiger partial charge on any atom is -0.394 e. The number of rotatable bonds is 7. The van der Waals surface area contributed by atoms with Gasteiger partial charge in [-0.3, -0.25) is 0 Å². The summed E-state index contributed by atoms with van der Waals surface area (Å²) in [7, 11) is 4.04. The Morgan fingerprint density at radius 1 is 1.43 bits per heavy atom. The van der Waals surface area contributed by atoms with E-state index < -0.39 is 0 Å². The van der Waals surface area contributed by atoms with Crippen LogP contribution in [0.4, 0.5) is 0 Å². The molecule has 86 valence electrons. The predicted molar refractivity (Wildman–Crippen MR) is 61.6 cm³/mol. The topological polar surface area (TPSA) is 35.5 Å². The Morgan fingerprint density at radius 3 is 2.36 bits per heavy atom. The molecule has 0 aromatic rings. The normalized spacial score (nSPS) is 16.3. The van der Waals surface area contributed by atoms with Crippen LogP contribution in [0.2, 0.25) is 0 Å². The van der Waals surface area contributed by atoms with Crippen molar-refractivity contribution in [3.63, 3.8) is 0 Å². The van der Waals surface area contributed by atoms with Gasteiger partial charge in [0.2, 0.25) is 0 Å². The van der Waals surface area contributed by atoms with E-state index in [-0.39, 0.29) is 12.1 Å². The second kappa shape index (κ2) is 6.38. The van der Waals surface area contributed by atoms with Crippen molar-refractivity contribution in [2.45, 2.75) is 45.2 Å². The highest BCUT2D eigenvalue weighted by molar-refractivity contribution is 4.80. The number of aliphatic hydroxyl groups excluding tert-OH is 1. The van der Waals surface area contributed by atoms with Crippen LogP contribution < -0.4 is 5.32 Å². The lowest BCUT2D eigenvalue weighted by Gasteiger charge is -2.28. The standard InChI is InChI=1S/C11H26N2O/c1-10(2)13(5)8-6-7-11(3,9-14)12-4/h10,12,14H,6-9H2,1-5H3. The van der Waals surface area contributed by atoms with Crippen LogP contribution >= 0.6 is 0 Å². The molecule has 0 aromatic carbocycles. The van der Waals surface area contributed by atoms with Gasteiger partial charge >= 0.3 is 0 Å². The summed E-state index contributed by atoms with van der Waals surface area (Å²) in [6, 6.07) is 0.602. The highest BCUT2D eigenvalue weighted by Gasteiger charge is 2.20. The fraction of sp³-hybridized carbons (Fsp3) is 1.00. The van der Waals surface area contributed by atoms with Gasteiger partial charge in [-0.15, -0.1) is 0 Å². The maximum Gasteiger partial charge on any atom is 0.0610 e. The average Bonchev–Trinajstić information content (AvgIpc) is 2.17. The molecule has 14 heavy (non-hydrogen) atoms. The van der Waals surface area contributed by atoms with Crippen LogP contribution in [0.15, 0.2) is 0 Å². The first-order valence-electron chi connectivity index (χ1n) is 5.45. The van der Waals surface area contributed by atoms with Crippen LogP contribution in [0.25, 0.3) is 0 Å². The Balaban J connectivity index is 3.72. The molecule has 0 saturated heterocycles. The molecule has 0 spiro atoms. The quantitative estimate of drug-likeness (QED) is 0.648. The van der Waals surface area contributed by atoms with Gasteiger partial charge in [-0.1, -0.05) is 0 Å². The molecule has 0 heterocycles. The minimum atomic E-state index is -0.113. The van der Waals surface area contributed by atoms with Crippen molar-refractivity contribution in [1.82, 2.24) is 10.2 Å². The van der Waals surface area contributed by atoms with Gasteiger partial charge in [-0.05, 0) is 54.3 Å². The molecule has 0 amide bonds. The molecule has 3 heteroatoms. The molecule has 3 nitrogen and oxygen atoms in total. The summed E-state index contributed by atoms with van der Waals surface area (Å²) in [6.45, 7) is 7.75. The summed E-state index contributed by atoms with van der Waals surface area (Å²) in [4.78, 5) is 2.33. The third-order valence-electron chi connectivity index (χ3n) is 3.07. The van der Waals surface area contributed by atoms with Crippen molar-refractivity contribution in [2.24, 2.45) is 0 Å². The predicted octanol–water partition coefficient (Wildman–Crippen LogP) is 1.08. The van der Waals surface area contributed by atoms with Gasteiger partial charge in [0.25, 0.3) is 0 Å². The van der Waals surface area contributed by atoms with Gasteiger partial charge in [0, 0.05) is 11.6 Å². The smallest absolute Gasteiger partial charge is 0.0610 e. The zero-order chi connectivity index (χ0) is 11.2. The Kier molecular flexibility index (Phi) is 6.33. The molecule has 0 aromatic heterocycles. The maximum absolute atomic E-state index is 9.18. The number of likely N-dealkylation sites (N-methyl/N-ethyl adjacent to an activating group) is 1. The third-order valence-corrected chi connectivity index (χ3v) is 3.07. The Morgan fingerprint density at radius 2 is 2.00 bits per heavy atom. The molecule has 2 N–H and O–H groups in total. The first kappa shape index (κ1) is 13.9. The van der Waals surface area contributed by atoms with E-state index in [1.165, 1.54) is 0 Å². The lowest BCUT2D eigenvalue weighted by molar-refractivity contribution is 0.163. The summed E-state index contributed by atoms with van der Waals surface area (Å²) >= 11 is 0. The summed E-state index contributed by atoms with van der Waals surface area (Å²) < 4.78 is 0. The maximum atomic E-state index is 9.18. The van der Waals surface area contributed by atoms with Crippen molar-refractivity contribution in [1.29, 1.82) is 0 Å². The number of hydrogen-bond acceptors (Lipinski definition) is 3. The SMILES string of the molecule is CNC(C)(CO)CCCN(C)C(C)C. The Hall–Kier alpha value is -0.120. The Labute approximate surface area is 88.5 Å². The van der Waals surface area contributed by atoms with Crippen LogP contribution in [-0.4, -0.2) is 48.8 Å². The van der Waals surface area contributed by atoms with E-state index in [2.05, 4.69) is 38.0 Å². The largest absolute Gasteiger partial charge is 0.394 e. The van der Waals surface area contributed by atoms with Crippen molar-refractivity contribution in [2.75, 3.05) is 27.2 Å². The van der Waals surface area contributed by atoms with E-state index in [9.17, 15) is 5.11 Å². The average molecular weight is 202 g/mol. The van der Waals surface area contributed by atoms with Crippen LogP contribution in [-0.2, 0) is 0 Å². The Bertz CT molecular complexity index is 144. The van der Waals surface area contributed by atoms with Gasteiger partial charge in [0.15, 0.2) is 0 Å². The third kappa shape index (κ3) is 4.94. The van der Waals surface area contributed by atoms with Gasteiger partial charge in [-0.25, -0.2) is 0 Å². The van der Waals surface area contributed by atoms with Crippen LogP contribution in [0.3, 0.4) is 0 Å². The minimum absolute atomic E-state index is 0.113. The number of nitrogens with one attached hydrogen (secondary N) is 1. The highest BCUT2D eigenvalue weighted by Crippen LogP contribution is 2.11. The zero-order valence-electron chi connectivity index (χ0n) is 10.3. The summed E-state index contributed by atoms with van der Waals surface area (Å²) in [5.41, 5.74) is -0.113. The van der Waals surface area contributed by atoms with Gasteiger partial charge in [-0.2, -0.15) is 0 Å².